The molecule has 4 aromatic rings. The molecule has 1 aliphatic rings. The number of aromatic nitrogens is 3. The second-order valence-electron chi connectivity index (χ2n) is 8.34. The number of ketones is 1. The second-order valence-corrected chi connectivity index (χ2v) is 9.50. The number of thiophene rings is 1. The average molecular weight is 451 g/mol. The summed E-state index contributed by atoms with van der Waals surface area (Å²) in [6, 6.07) is 11.6. The van der Waals surface area contributed by atoms with Crippen LogP contribution >= 0.6 is 11.3 Å². The molecule has 3 aromatic heterocycles. The lowest BCUT2D eigenvalue weighted by Gasteiger charge is -2.18. The Labute approximate surface area is 188 Å². The highest BCUT2D eigenvalue weighted by molar-refractivity contribution is 7.19. The maximum atomic E-state index is 14.4. The number of hydrogen-bond donors (Lipinski definition) is 2. The van der Waals surface area contributed by atoms with Crippen molar-refractivity contribution in [1.29, 1.82) is 0 Å². The van der Waals surface area contributed by atoms with Gasteiger partial charge in [-0.2, -0.15) is 0 Å². The van der Waals surface area contributed by atoms with Gasteiger partial charge in [0.25, 0.3) is 0 Å². The van der Waals surface area contributed by atoms with Crippen LogP contribution in [0.15, 0.2) is 61.3 Å². The molecule has 5 rings (SSSR count). The van der Waals surface area contributed by atoms with E-state index < -0.39 is 18.3 Å². The minimum atomic E-state index is -1.41. The maximum Gasteiger partial charge on any atom is 0.199 e. The Balaban J connectivity index is 1.34. The van der Waals surface area contributed by atoms with E-state index in [2.05, 4.69) is 33.5 Å². The van der Waals surface area contributed by atoms with E-state index in [0.29, 0.717) is 18.5 Å². The van der Waals surface area contributed by atoms with E-state index in [0.717, 1.165) is 0 Å². The molecule has 0 aliphatic heterocycles. The Morgan fingerprint density at radius 1 is 1.34 bits per heavy atom. The number of benzene rings is 1. The second kappa shape index (κ2) is 8.44. The van der Waals surface area contributed by atoms with Crippen LogP contribution in [0.2, 0.25) is 0 Å². The Hall–Kier alpha value is -3.10. The number of carbonyl (C=O) groups excluding carboxylic acids is 1. The molecule has 3 heterocycles. The number of aliphatic hydroxyl groups excluding tert-OH is 1. The normalized spacial score (nSPS) is 23.0. The number of carbonyl (C=O) groups is 1. The van der Waals surface area contributed by atoms with Crippen molar-refractivity contribution in [3.63, 3.8) is 0 Å². The largest absolute Gasteiger partial charge is 0.390 e. The minimum absolute atomic E-state index is 0.161. The third kappa shape index (κ3) is 3.91. The number of fused-ring (bicyclic) bond motifs is 1. The van der Waals surface area contributed by atoms with Crippen LogP contribution in [0.3, 0.4) is 0 Å². The van der Waals surface area contributed by atoms with E-state index in [1.165, 1.54) is 27.5 Å². The first kappa shape index (κ1) is 20.8. The lowest BCUT2D eigenvalue weighted by atomic mass is 10.1. The van der Waals surface area contributed by atoms with Gasteiger partial charge in [0.05, 0.1) is 24.3 Å². The first-order valence-electron chi connectivity index (χ1n) is 10.6. The third-order valence-electron chi connectivity index (χ3n) is 6.03. The van der Waals surface area contributed by atoms with Crippen LogP contribution in [0.4, 0.5) is 10.2 Å². The number of hydrogen-bond acceptors (Lipinski definition) is 6. The average Bonchev–Trinajstić information content (AvgIpc) is 3.49. The zero-order valence-corrected chi connectivity index (χ0v) is 18.3. The molecule has 0 unspecified atom stereocenters. The predicted molar refractivity (Wildman–Crippen MR) is 123 cm³/mol. The summed E-state index contributed by atoms with van der Waals surface area (Å²) in [5, 5.41) is 14.2. The molecule has 2 N–H and O–H groups in total. The molecule has 1 fully saturated rings. The van der Waals surface area contributed by atoms with Crippen molar-refractivity contribution in [3.05, 3.63) is 77.3 Å². The highest BCUT2D eigenvalue weighted by Gasteiger charge is 2.41. The minimum Gasteiger partial charge on any atom is -0.390 e. The summed E-state index contributed by atoms with van der Waals surface area (Å²) < 4.78 is 17.6. The van der Waals surface area contributed by atoms with Crippen molar-refractivity contribution in [3.8, 4) is 0 Å². The molecule has 0 spiro atoms. The van der Waals surface area contributed by atoms with Crippen LogP contribution in [0, 0.1) is 5.92 Å². The van der Waals surface area contributed by atoms with Crippen molar-refractivity contribution < 1.29 is 14.3 Å². The van der Waals surface area contributed by atoms with Crippen LogP contribution in [0.1, 0.15) is 34.1 Å². The number of halogens is 1. The van der Waals surface area contributed by atoms with Crippen LogP contribution in [-0.2, 0) is 6.54 Å². The summed E-state index contributed by atoms with van der Waals surface area (Å²) in [5.74, 6) is -0.104. The fourth-order valence-electron chi connectivity index (χ4n) is 4.27. The van der Waals surface area contributed by atoms with Gasteiger partial charge in [0.2, 0.25) is 0 Å². The number of rotatable bonds is 6. The number of anilines is 1. The van der Waals surface area contributed by atoms with Crippen molar-refractivity contribution in [2.24, 2.45) is 5.92 Å². The topological polar surface area (TPSA) is 80.0 Å². The molecule has 1 aromatic carbocycles. The zero-order valence-electron chi connectivity index (χ0n) is 17.5. The standard InChI is InChI=1S/C24H23FN4O2S/c1-14-8-19(21(25)22(14)30)28-24-18(10-26-13-27-24)23(31)16-6-7-29(11-16)12-17-9-15-4-2-3-5-20(15)32-17/h2-7,9-11,13-14,19,21-22,30H,8,12H2,1H3,(H,26,27,28)/t14-,19-,21-,22-/m1/s1. The summed E-state index contributed by atoms with van der Waals surface area (Å²) in [6.45, 7) is 2.48. The van der Waals surface area contributed by atoms with Crippen molar-refractivity contribution in [1.82, 2.24) is 14.5 Å². The van der Waals surface area contributed by atoms with Crippen LogP contribution < -0.4 is 5.32 Å². The molecule has 4 atom stereocenters. The molecule has 164 valence electrons. The van der Waals surface area contributed by atoms with Gasteiger partial charge < -0.3 is 15.0 Å². The van der Waals surface area contributed by atoms with E-state index >= 15 is 0 Å². The van der Waals surface area contributed by atoms with Gasteiger partial charge in [-0.15, -0.1) is 11.3 Å². The molecule has 6 nitrogen and oxygen atoms in total. The Morgan fingerprint density at radius 3 is 2.97 bits per heavy atom. The fourth-order valence-corrected chi connectivity index (χ4v) is 5.34. The van der Waals surface area contributed by atoms with E-state index in [9.17, 15) is 14.3 Å². The molecule has 0 amide bonds. The van der Waals surface area contributed by atoms with Gasteiger partial charge in [-0.1, -0.05) is 25.1 Å². The highest BCUT2D eigenvalue weighted by Crippen LogP contribution is 2.31. The number of alkyl halides is 1. The van der Waals surface area contributed by atoms with E-state index in [4.69, 9.17) is 0 Å². The summed E-state index contributed by atoms with van der Waals surface area (Å²) in [7, 11) is 0. The van der Waals surface area contributed by atoms with Crippen molar-refractivity contribution in [2.45, 2.75) is 38.2 Å². The maximum absolute atomic E-state index is 14.4. The molecular formula is C24H23FN4O2S. The van der Waals surface area contributed by atoms with Crippen molar-refractivity contribution >= 4 is 33.0 Å². The monoisotopic (exact) mass is 450 g/mol. The van der Waals surface area contributed by atoms with Gasteiger partial charge in [0, 0.05) is 33.7 Å². The Kier molecular flexibility index (Phi) is 5.48. The lowest BCUT2D eigenvalue weighted by Crippen LogP contribution is -2.32. The number of aliphatic hydroxyl groups is 1. The van der Waals surface area contributed by atoms with Gasteiger partial charge in [0.15, 0.2) is 5.78 Å². The molecular weight excluding hydrogens is 427 g/mol. The molecule has 0 bridgehead atoms. The van der Waals surface area contributed by atoms with E-state index in [1.54, 1.807) is 17.4 Å². The van der Waals surface area contributed by atoms with Crippen molar-refractivity contribution in [2.75, 3.05) is 5.32 Å². The molecule has 1 aliphatic carbocycles. The first-order valence-corrected chi connectivity index (χ1v) is 11.4. The summed E-state index contributed by atoms with van der Waals surface area (Å²) in [6.07, 6.45) is 4.49. The summed E-state index contributed by atoms with van der Waals surface area (Å²) in [5.41, 5.74) is 0.800. The predicted octanol–water partition coefficient (Wildman–Crippen LogP) is 4.29. The van der Waals surface area contributed by atoms with Gasteiger partial charge in [-0.3, -0.25) is 4.79 Å². The first-order chi connectivity index (χ1) is 15.5. The quantitative estimate of drug-likeness (QED) is 0.429. The van der Waals surface area contributed by atoms with Crippen LogP contribution in [-0.4, -0.2) is 43.7 Å². The molecule has 8 heteroatoms. The van der Waals surface area contributed by atoms with E-state index in [-0.39, 0.29) is 23.1 Å². The zero-order chi connectivity index (χ0) is 22.2. The fraction of sp³-hybridized carbons (Fsp3) is 0.292. The number of nitrogens with one attached hydrogen (secondary N) is 1. The van der Waals surface area contributed by atoms with Gasteiger partial charge in [-0.05, 0) is 35.9 Å². The third-order valence-corrected chi connectivity index (χ3v) is 7.13. The smallest absolute Gasteiger partial charge is 0.199 e. The lowest BCUT2D eigenvalue weighted by molar-refractivity contribution is 0.0725. The van der Waals surface area contributed by atoms with Crippen LogP contribution in [0.25, 0.3) is 10.1 Å². The highest BCUT2D eigenvalue weighted by atomic mass is 32.1. The van der Waals surface area contributed by atoms with Gasteiger partial charge in [-0.25, -0.2) is 14.4 Å². The molecule has 0 radical (unpaired) electrons. The SMILES string of the molecule is C[C@@H]1C[C@@H](Nc2ncncc2C(=O)c2ccn(Cc3cc4ccccc4s3)c2)[C@@H](F)[C@@H]1O. The Morgan fingerprint density at radius 2 is 2.19 bits per heavy atom. The molecule has 1 saturated carbocycles. The van der Waals surface area contributed by atoms with E-state index in [1.807, 2.05) is 36.0 Å². The number of nitrogens with zero attached hydrogens (tertiary/aromatic N) is 3. The van der Waals surface area contributed by atoms with Crippen LogP contribution in [0.5, 0.6) is 0 Å². The molecule has 32 heavy (non-hydrogen) atoms. The molecule has 0 saturated heterocycles. The van der Waals surface area contributed by atoms with Gasteiger partial charge >= 0.3 is 0 Å². The van der Waals surface area contributed by atoms with Gasteiger partial charge in [0.1, 0.15) is 18.3 Å². The Bertz CT molecular complexity index is 1240. The summed E-state index contributed by atoms with van der Waals surface area (Å²) in [4.78, 5) is 22.6. The summed E-state index contributed by atoms with van der Waals surface area (Å²) >= 11 is 1.74.